The molecule has 2 aromatic carbocycles. The van der Waals surface area contributed by atoms with Crippen molar-refractivity contribution in [3.63, 3.8) is 0 Å². The van der Waals surface area contributed by atoms with E-state index in [0.717, 1.165) is 11.1 Å². The van der Waals surface area contributed by atoms with E-state index in [4.69, 9.17) is 9.47 Å². The number of ether oxygens (including phenoxy) is 2. The number of esters is 2. The molecule has 13 saturated carbocycles. The van der Waals surface area contributed by atoms with Gasteiger partial charge in [-0.05, 0) is 104 Å². The highest BCUT2D eigenvalue weighted by Crippen LogP contribution is 3.23. The average Bonchev–Trinajstić information content (AvgIpc) is 3.84. The first-order valence-corrected chi connectivity index (χ1v) is 16.3. The summed E-state index contributed by atoms with van der Waals surface area (Å²) in [6, 6.07) is 19.9. The molecule has 0 radical (unpaired) electrons. The highest BCUT2D eigenvalue weighted by atomic mass is 16.5. The molecule has 6 heteroatoms. The zero-order chi connectivity index (χ0) is 27.4. The minimum absolute atomic E-state index is 0.0365. The molecule has 0 aliphatic heterocycles. The lowest BCUT2D eigenvalue weighted by molar-refractivity contribution is -0.297. The summed E-state index contributed by atoms with van der Waals surface area (Å²) in [5, 5.41) is 24.1. The fraction of sp³-hybridized carbons (Fsp3) is 0.611. The molecule has 13 aliphatic rings. The maximum Gasteiger partial charge on any atom is 0.309 e. The van der Waals surface area contributed by atoms with Gasteiger partial charge in [-0.15, -0.1) is 0 Å². The standard InChI is InChI=1S/C36H32O6/c37-29-25-17-18-26(29)34-22-16-15-21(19(22)31(39)41-11-13-7-3-1-4-8-13)33(25,34)35-23(15)20(32(40)42-12-14-9-5-2-6-10-14)24(16)36(34,35)28(18)30(38)27(17)35/h1-10,15-30,37-38H,11-12H2. The van der Waals surface area contributed by atoms with Crippen LogP contribution in [0.3, 0.4) is 0 Å². The number of aliphatic hydroxyl groups is 2. The van der Waals surface area contributed by atoms with E-state index in [1.54, 1.807) is 0 Å². The SMILES string of the molecule is O=C(OCc1ccccc1)C1C2C3C4C1C15C6C(O)C7C8C6C6C(O)C8C8(C3C(C(=O)OCc3ccccc3)C4C618)C725. The second kappa shape index (κ2) is 5.87. The zero-order valence-electron chi connectivity index (χ0n) is 23.0. The largest absolute Gasteiger partial charge is 0.461 e. The van der Waals surface area contributed by atoms with Crippen LogP contribution in [-0.4, -0.2) is 34.4 Å². The first-order valence-electron chi connectivity index (χ1n) is 16.3. The van der Waals surface area contributed by atoms with E-state index in [0.29, 0.717) is 36.9 Å². The quantitative estimate of drug-likeness (QED) is 0.528. The van der Waals surface area contributed by atoms with Crippen molar-refractivity contribution in [2.24, 2.45) is 105 Å². The molecule has 42 heavy (non-hydrogen) atoms. The van der Waals surface area contributed by atoms with E-state index < -0.39 is 0 Å². The summed E-state index contributed by atoms with van der Waals surface area (Å²) < 4.78 is 12.3. The van der Waals surface area contributed by atoms with Gasteiger partial charge in [-0.25, -0.2) is 0 Å². The molecule has 6 nitrogen and oxygen atoms in total. The predicted molar refractivity (Wildman–Crippen MR) is 143 cm³/mol. The third kappa shape index (κ3) is 1.40. The van der Waals surface area contributed by atoms with Crippen LogP contribution in [0.2, 0.25) is 0 Å². The highest BCUT2D eigenvalue weighted by molar-refractivity contribution is 5.85. The van der Waals surface area contributed by atoms with Crippen molar-refractivity contribution in [3.05, 3.63) is 71.8 Å². The molecule has 8 bridgehead atoms. The van der Waals surface area contributed by atoms with Crippen LogP contribution in [0.15, 0.2) is 60.7 Å². The molecule has 15 rings (SSSR count). The van der Waals surface area contributed by atoms with Crippen molar-refractivity contribution in [2.45, 2.75) is 25.4 Å². The number of carbonyl (C=O) groups is 2. The lowest BCUT2D eigenvalue weighted by Gasteiger charge is -2.74. The number of benzene rings is 2. The van der Waals surface area contributed by atoms with E-state index >= 15 is 0 Å². The van der Waals surface area contributed by atoms with Crippen LogP contribution in [0.5, 0.6) is 0 Å². The number of rotatable bonds is 6. The molecule has 13 aliphatic carbocycles. The first kappa shape index (κ1) is 21.9. The normalized spacial score (nSPS) is 64.2. The van der Waals surface area contributed by atoms with Gasteiger partial charge >= 0.3 is 11.9 Å². The number of carbonyl (C=O) groups excluding carboxylic acids is 2. The van der Waals surface area contributed by atoms with Crippen LogP contribution >= 0.6 is 0 Å². The minimum Gasteiger partial charge on any atom is -0.461 e. The summed E-state index contributed by atoms with van der Waals surface area (Å²) in [4.78, 5) is 28.5. The smallest absolute Gasteiger partial charge is 0.309 e. The molecular weight excluding hydrogens is 528 g/mol. The molecule has 212 valence electrons. The summed E-state index contributed by atoms with van der Waals surface area (Å²) in [5.74, 6) is 2.60. The molecule has 0 aromatic heterocycles. The molecule has 0 heterocycles. The van der Waals surface area contributed by atoms with Gasteiger partial charge in [0.25, 0.3) is 0 Å². The Balaban J connectivity index is 0.971. The third-order valence-corrected chi connectivity index (χ3v) is 17.2. The molecule has 4 spiro atoms. The van der Waals surface area contributed by atoms with Crippen LogP contribution in [0.1, 0.15) is 11.1 Å². The monoisotopic (exact) mass is 560 g/mol. The van der Waals surface area contributed by atoms with E-state index in [2.05, 4.69) is 0 Å². The lowest BCUT2D eigenvalue weighted by Crippen LogP contribution is -2.73. The van der Waals surface area contributed by atoms with Gasteiger partial charge in [0.15, 0.2) is 0 Å². The molecule has 0 amide bonds. The highest BCUT2D eigenvalue weighted by Gasteiger charge is 3.24. The Morgan fingerprint density at radius 3 is 1.17 bits per heavy atom. The second-order valence-corrected chi connectivity index (χ2v) is 16.2. The summed E-state index contributed by atoms with van der Waals surface area (Å²) in [6.45, 7) is 0.598. The number of hydrogen-bond donors (Lipinski definition) is 2. The minimum atomic E-state index is -0.298. The van der Waals surface area contributed by atoms with Gasteiger partial charge in [-0.3, -0.25) is 9.59 Å². The lowest BCUT2D eigenvalue weighted by atomic mass is 9.28. The summed E-state index contributed by atoms with van der Waals surface area (Å²) in [6.07, 6.45) is -0.595. The van der Waals surface area contributed by atoms with Crippen molar-refractivity contribution in [1.82, 2.24) is 0 Å². The molecule has 8 atom stereocenters. The van der Waals surface area contributed by atoms with E-state index in [1.165, 1.54) is 0 Å². The van der Waals surface area contributed by atoms with Crippen molar-refractivity contribution in [3.8, 4) is 0 Å². The predicted octanol–water partition coefficient (Wildman–Crippen LogP) is 2.92. The van der Waals surface area contributed by atoms with Crippen molar-refractivity contribution in [1.29, 1.82) is 0 Å². The Morgan fingerprint density at radius 2 is 0.833 bits per heavy atom. The van der Waals surface area contributed by atoms with Gasteiger partial charge in [0.05, 0.1) is 24.0 Å². The van der Waals surface area contributed by atoms with E-state index in [9.17, 15) is 19.8 Å². The second-order valence-electron chi connectivity index (χ2n) is 16.2. The van der Waals surface area contributed by atoms with Gasteiger partial charge < -0.3 is 19.7 Å². The third-order valence-electron chi connectivity index (χ3n) is 17.2. The zero-order valence-corrected chi connectivity index (χ0v) is 23.0. The molecule has 2 N–H and O–H groups in total. The average molecular weight is 561 g/mol. The van der Waals surface area contributed by atoms with Gasteiger partial charge in [-0.1, -0.05) is 60.7 Å². The molecular formula is C36H32O6. The Labute approximate surface area is 242 Å². The summed E-state index contributed by atoms with van der Waals surface area (Å²) in [5.41, 5.74) is 1.68. The van der Waals surface area contributed by atoms with Crippen LogP contribution in [0.4, 0.5) is 0 Å². The Hall–Kier alpha value is -2.70. The molecule has 0 saturated heterocycles. The Kier molecular flexibility index (Phi) is 3.06. The van der Waals surface area contributed by atoms with Crippen molar-refractivity contribution in [2.75, 3.05) is 0 Å². The topological polar surface area (TPSA) is 93.1 Å². The summed E-state index contributed by atoms with van der Waals surface area (Å²) >= 11 is 0. The van der Waals surface area contributed by atoms with Gasteiger partial charge in [-0.2, -0.15) is 0 Å². The maximum atomic E-state index is 14.2. The van der Waals surface area contributed by atoms with Gasteiger partial charge in [0.2, 0.25) is 0 Å². The van der Waals surface area contributed by atoms with Crippen LogP contribution < -0.4 is 0 Å². The Morgan fingerprint density at radius 1 is 0.524 bits per heavy atom. The van der Waals surface area contributed by atoms with E-state index in [-0.39, 0.29) is 105 Å². The Bertz CT molecular complexity index is 1500. The number of hydrogen-bond acceptors (Lipinski definition) is 6. The fourth-order valence-corrected chi connectivity index (χ4v) is 19.1. The fourth-order valence-electron chi connectivity index (χ4n) is 19.1. The van der Waals surface area contributed by atoms with E-state index in [1.807, 2.05) is 60.7 Å². The van der Waals surface area contributed by atoms with Gasteiger partial charge in [0.1, 0.15) is 13.2 Å². The van der Waals surface area contributed by atoms with Crippen molar-refractivity contribution >= 4 is 11.9 Å². The molecule has 8 unspecified atom stereocenters. The van der Waals surface area contributed by atoms with Crippen LogP contribution in [0, 0.1) is 105 Å². The van der Waals surface area contributed by atoms with Crippen LogP contribution in [0.25, 0.3) is 0 Å². The molecule has 13 fully saturated rings. The molecule has 2 aromatic rings. The first-order chi connectivity index (χ1) is 20.6. The summed E-state index contributed by atoms with van der Waals surface area (Å²) in [7, 11) is 0. The number of aliphatic hydroxyl groups excluding tert-OH is 2. The van der Waals surface area contributed by atoms with Crippen LogP contribution in [-0.2, 0) is 32.3 Å². The maximum absolute atomic E-state index is 14.2. The van der Waals surface area contributed by atoms with Gasteiger partial charge in [0, 0.05) is 0 Å². The van der Waals surface area contributed by atoms with Crippen molar-refractivity contribution < 1.29 is 29.3 Å².